The van der Waals surface area contributed by atoms with Crippen molar-refractivity contribution in [3.05, 3.63) is 0 Å². The summed E-state index contributed by atoms with van der Waals surface area (Å²) in [7, 11) is -3.12. The predicted octanol–water partition coefficient (Wildman–Crippen LogP) is 2.76. The SMILES string of the molecule is CC(C)C1CCC(CN)(OCCS(=O)(=O)C(C)(C)C)CC1. The van der Waals surface area contributed by atoms with Crippen molar-refractivity contribution in [1.82, 2.24) is 0 Å². The molecule has 0 saturated heterocycles. The quantitative estimate of drug-likeness (QED) is 0.817. The molecule has 0 radical (unpaired) electrons. The van der Waals surface area contributed by atoms with Gasteiger partial charge >= 0.3 is 0 Å². The van der Waals surface area contributed by atoms with Gasteiger partial charge in [-0.1, -0.05) is 13.8 Å². The van der Waals surface area contributed by atoms with Crippen LogP contribution in [0, 0.1) is 11.8 Å². The molecule has 1 aliphatic rings. The van der Waals surface area contributed by atoms with Crippen LogP contribution in [0.2, 0.25) is 0 Å². The predicted molar refractivity (Wildman–Crippen MR) is 88.1 cm³/mol. The largest absolute Gasteiger partial charge is 0.373 e. The average molecular weight is 320 g/mol. The summed E-state index contributed by atoms with van der Waals surface area (Å²) in [6.07, 6.45) is 4.14. The van der Waals surface area contributed by atoms with Crippen LogP contribution < -0.4 is 5.73 Å². The highest BCUT2D eigenvalue weighted by atomic mass is 32.2. The summed E-state index contributed by atoms with van der Waals surface area (Å²) < 4.78 is 29.5. The van der Waals surface area contributed by atoms with Crippen molar-refractivity contribution < 1.29 is 13.2 Å². The van der Waals surface area contributed by atoms with E-state index >= 15 is 0 Å². The molecule has 0 unspecified atom stereocenters. The first-order valence-electron chi connectivity index (χ1n) is 8.09. The van der Waals surface area contributed by atoms with Crippen LogP contribution in [0.25, 0.3) is 0 Å². The topological polar surface area (TPSA) is 69.4 Å². The third kappa shape index (κ3) is 4.93. The minimum Gasteiger partial charge on any atom is -0.373 e. The fraction of sp³-hybridized carbons (Fsp3) is 1.00. The standard InChI is InChI=1S/C16H33NO3S/c1-13(2)14-6-8-16(12-17,9-7-14)20-10-11-21(18,19)15(3,4)5/h13-14H,6-12,17H2,1-5H3. The Kier molecular flexibility index (Phi) is 6.28. The second-order valence-electron chi connectivity index (χ2n) is 7.75. The molecule has 21 heavy (non-hydrogen) atoms. The van der Waals surface area contributed by atoms with Gasteiger partial charge in [-0.05, 0) is 58.3 Å². The number of hydrogen-bond acceptors (Lipinski definition) is 4. The first-order valence-corrected chi connectivity index (χ1v) is 9.74. The van der Waals surface area contributed by atoms with Gasteiger partial charge in [-0.3, -0.25) is 0 Å². The zero-order valence-electron chi connectivity index (χ0n) is 14.3. The van der Waals surface area contributed by atoms with Crippen LogP contribution in [0.4, 0.5) is 0 Å². The van der Waals surface area contributed by atoms with Crippen LogP contribution in [-0.4, -0.2) is 37.7 Å². The summed E-state index contributed by atoms with van der Waals surface area (Å²) in [5, 5.41) is 0. The summed E-state index contributed by atoms with van der Waals surface area (Å²) in [5.74, 6) is 1.51. The van der Waals surface area contributed by atoms with Gasteiger partial charge in [-0.2, -0.15) is 0 Å². The minimum atomic E-state index is -3.12. The third-order valence-corrected chi connectivity index (χ3v) is 7.52. The second kappa shape index (κ2) is 6.97. The molecular weight excluding hydrogens is 286 g/mol. The van der Waals surface area contributed by atoms with Gasteiger partial charge < -0.3 is 10.5 Å². The lowest BCUT2D eigenvalue weighted by atomic mass is 9.74. The van der Waals surface area contributed by atoms with Gasteiger partial charge in [0, 0.05) is 6.54 Å². The maximum atomic E-state index is 12.1. The molecule has 2 N–H and O–H groups in total. The van der Waals surface area contributed by atoms with E-state index in [0.717, 1.165) is 31.6 Å². The number of ether oxygens (including phenoxy) is 1. The Morgan fingerprint density at radius 1 is 1.24 bits per heavy atom. The minimum absolute atomic E-state index is 0.0753. The molecule has 1 fully saturated rings. The van der Waals surface area contributed by atoms with Crippen molar-refractivity contribution in [2.75, 3.05) is 18.9 Å². The molecule has 0 aromatic heterocycles. The monoisotopic (exact) mass is 319 g/mol. The summed E-state index contributed by atoms with van der Waals surface area (Å²) in [5.41, 5.74) is 5.61. The van der Waals surface area contributed by atoms with E-state index in [9.17, 15) is 8.42 Å². The molecule has 4 nitrogen and oxygen atoms in total. The van der Waals surface area contributed by atoms with E-state index in [0.29, 0.717) is 12.5 Å². The van der Waals surface area contributed by atoms with Gasteiger partial charge in [-0.15, -0.1) is 0 Å². The molecule has 1 aliphatic carbocycles. The summed E-state index contributed by atoms with van der Waals surface area (Å²) in [6.45, 7) is 10.4. The van der Waals surface area contributed by atoms with Gasteiger partial charge in [0.25, 0.3) is 0 Å². The van der Waals surface area contributed by atoms with Crippen LogP contribution >= 0.6 is 0 Å². The molecule has 0 amide bonds. The van der Waals surface area contributed by atoms with Crippen LogP contribution in [0.5, 0.6) is 0 Å². The molecule has 0 bridgehead atoms. The van der Waals surface area contributed by atoms with Gasteiger partial charge in [0.15, 0.2) is 9.84 Å². The van der Waals surface area contributed by atoms with E-state index in [1.54, 1.807) is 20.8 Å². The maximum absolute atomic E-state index is 12.1. The lowest BCUT2D eigenvalue weighted by Gasteiger charge is -2.40. The highest BCUT2D eigenvalue weighted by Gasteiger charge is 2.37. The molecule has 0 aromatic carbocycles. The number of hydrogen-bond donors (Lipinski definition) is 1. The van der Waals surface area contributed by atoms with E-state index < -0.39 is 14.6 Å². The van der Waals surface area contributed by atoms with Crippen molar-refractivity contribution in [2.24, 2.45) is 17.6 Å². The van der Waals surface area contributed by atoms with E-state index in [-0.39, 0.29) is 18.0 Å². The molecular formula is C16H33NO3S. The Morgan fingerprint density at radius 2 is 1.76 bits per heavy atom. The molecule has 0 aliphatic heterocycles. The fourth-order valence-corrected chi connectivity index (χ4v) is 3.83. The molecule has 0 aromatic rings. The molecule has 0 atom stereocenters. The zero-order valence-corrected chi connectivity index (χ0v) is 15.1. The third-order valence-electron chi connectivity index (χ3n) is 4.95. The molecule has 1 rings (SSSR count). The summed E-state index contributed by atoms with van der Waals surface area (Å²) >= 11 is 0. The van der Waals surface area contributed by atoms with Crippen molar-refractivity contribution >= 4 is 9.84 Å². The Labute approximate surface area is 130 Å². The summed E-state index contributed by atoms with van der Waals surface area (Å²) in [6, 6.07) is 0. The molecule has 0 spiro atoms. The van der Waals surface area contributed by atoms with Crippen LogP contribution in [0.3, 0.4) is 0 Å². The van der Waals surface area contributed by atoms with Gasteiger partial charge in [-0.25, -0.2) is 8.42 Å². The van der Waals surface area contributed by atoms with Gasteiger partial charge in [0.05, 0.1) is 22.7 Å². The molecule has 126 valence electrons. The zero-order chi connectivity index (χ0) is 16.3. The Bertz CT molecular complexity index is 415. The van der Waals surface area contributed by atoms with Crippen LogP contribution in [0.15, 0.2) is 0 Å². The van der Waals surface area contributed by atoms with Crippen molar-refractivity contribution in [2.45, 2.75) is 70.7 Å². The van der Waals surface area contributed by atoms with E-state index in [2.05, 4.69) is 13.8 Å². The van der Waals surface area contributed by atoms with Gasteiger partial charge in [0.1, 0.15) is 0 Å². The van der Waals surface area contributed by atoms with Crippen molar-refractivity contribution in [3.63, 3.8) is 0 Å². The smallest absolute Gasteiger partial charge is 0.157 e. The lowest BCUT2D eigenvalue weighted by molar-refractivity contribution is -0.0684. The Hall–Kier alpha value is -0.130. The highest BCUT2D eigenvalue weighted by molar-refractivity contribution is 7.92. The summed E-state index contributed by atoms with van der Waals surface area (Å²) in [4.78, 5) is 0. The lowest BCUT2D eigenvalue weighted by Crippen LogP contribution is -2.46. The average Bonchev–Trinajstić information content (AvgIpc) is 2.37. The van der Waals surface area contributed by atoms with E-state index in [1.807, 2.05) is 0 Å². The normalized spacial score (nSPS) is 28.0. The van der Waals surface area contributed by atoms with Crippen LogP contribution in [-0.2, 0) is 14.6 Å². The number of sulfone groups is 1. The molecule has 1 saturated carbocycles. The highest BCUT2D eigenvalue weighted by Crippen LogP contribution is 2.37. The van der Waals surface area contributed by atoms with Crippen LogP contribution in [0.1, 0.15) is 60.3 Å². The number of rotatable bonds is 6. The fourth-order valence-electron chi connectivity index (χ4n) is 2.91. The van der Waals surface area contributed by atoms with E-state index in [1.165, 1.54) is 0 Å². The maximum Gasteiger partial charge on any atom is 0.157 e. The second-order valence-corrected chi connectivity index (χ2v) is 10.6. The van der Waals surface area contributed by atoms with Crippen molar-refractivity contribution in [1.29, 1.82) is 0 Å². The Morgan fingerprint density at radius 3 is 2.14 bits per heavy atom. The molecule has 0 heterocycles. The first-order chi connectivity index (χ1) is 9.53. The first kappa shape index (κ1) is 18.9. The van der Waals surface area contributed by atoms with Crippen molar-refractivity contribution in [3.8, 4) is 0 Å². The Balaban J connectivity index is 2.53. The number of nitrogens with two attached hydrogens (primary N) is 1. The van der Waals surface area contributed by atoms with Gasteiger partial charge in [0.2, 0.25) is 0 Å². The molecule has 5 heteroatoms. The van der Waals surface area contributed by atoms with E-state index in [4.69, 9.17) is 10.5 Å².